The van der Waals surface area contributed by atoms with Gasteiger partial charge in [-0.1, -0.05) is 12.2 Å². The second-order valence-electron chi connectivity index (χ2n) is 3.82. The Labute approximate surface area is 105 Å². The summed E-state index contributed by atoms with van der Waals surface area (Å²) in [5, 5.41) is 3.51. The lowest BCUT2D eigenvalue weighted by molar-refractivity contribution is 0.667. The molecule has 16 heavy (non-hydrogen) atoms. The molecular formula is C11H15N3S2. The van der Waals surface area contributed by atoms with Crippen LogP contribution >= 0.6 is 24.0 Å². The first-order valence-electron chi connectivity index (χ1n) is 5.36. The molecule has 1 aromatic heterocycles. The van der Waals surface area contributed by atoms with E-state index in [9.17, 15) is 0 Å². The maximum absolute atomic E-state index is 5.55. The van der Waals surface area contributed by atoms with Gasteiger partial charge in [0.25, 0.3) is 0 Å². The third-order valence-electron chi connectivity index (χ3n) is 2.60. The van der Waals surface area contributed by atoms with E-state index in [0.29, 0.717) is 16.7 Å². The molecule has 2 rings (SSSR count). The van der Waals surface area contributed by atoms with Gasteiger partial charge in [-0.2, -0.15) is 11.8 Å². The first-order valence-corrected chi connectivity index (χ1v) is 6.92. The third kappa shape index (κ3) is 3.09. The Morgan fingerprint density at radius 1 is 1.50 bits per heavy atom. The number of hydrogen-bond acceptors (Lipinski definition) is 4. The zero-order valence-corrected chi connectivity index (χ0v) is 10.6. The fourth-order valence-electron chi connectivity index (χ4n) is 1.73. The average molecular weight is 253 g/mol. The van der Waals surface area contributed by atoms with Crippen molar-refractivity contribution in [3.8, 4) is 0 Å². The number of thioether (sulfide) groups is 1. The molecule has 0 spiro atoms. The van der Waals surface area contributed by atoms with Crippen molar-refractivity contribution >= 4 is 34.7 Å². The number of nitrogens with zero attached hydrogens (tertiary/aromatic N) is 1. The minimum absolute atomic E-state index is 0.350. The number of hydrogen-bond donors (Lipinski definition) is 2. The zero-order chi connectivity index (χ0) is 11.4. The summed E-state index contributed by atoms with van der Waals surface area (Å²) in [5.41, 5.74) is 7.30. The van der Waals surface area contributed by atoms with E-state index in [-0.39, 0.29) is 0 Å². The molecule has 1 fully saturated rings. The molecule has 0 amide bonds. The monoisotopic (exact) mass is 253 g/mol. The van der Waals surface area contributed by atoms with Crippen molar-refractivity contribution in [3.63, 3.8) is 0 Å². The van der Waals surface area contributed by atoms with Crippen molar-refractivity contribution in [2.24, 2.45) is 5.73 Å². The lowest BCUT2D eigenvalue weighted by Gasteiger charge is -2.23. The van der Waals surface area contributed by atoms with E-state index in [2.05, 4.69) is 10.3 Å². The number of thiocarbonyl (C=S) groups is 1. The highest BCUT2D eigenvalue weighted by Gasteiger charge is 2.13. The van der Waals surface area contributed by atoms with Crippen molar-refractivity contribution in [3.05, 3.63) is 24.0 Å². The lowest BCUT2D eigenvalue weighted by Crippen LogP contribution is -2.24. The van der Waals surface area contributed by atoms with Crippen molar-refractivity contribution in [1.82, 2.24) is 4.98 Å². The van der Waals surface area contributed by atoms with Crippen molar-refractivity contribution in [1.29, 1.82) is 0 Å². The molecule has 86 valence electrons. The van der Waals surface area contributed by atoms with Crippen LogP contribution < -0.4 is 11.1 Å². The second-order valence-corrected chi connectivity index (χ2v) is 5.49. The normalized spacial score (nSPS) is 17.0. The Bertz CT molecular complexity index is 375. The molecule has 3 nitrogen and oxygen atoms in total. The number of anilines is 1. The van der Waals surface area contributed by atoms with Crippen LogP contribution in [0.3, 0.4) is 0 Å². The molecule has 3 N–H and O–H groups in total. The van der Waals surface area contributed by atoms with E-state index < -0.39 is 0 Å². The Hall–Kier alpha value is -0.810. The predicted molar refractivity (Wildman–Crippen MR) is 74.1 cm³/mol. The standard InChI is InChI=1S/C11H15N3S2/c12-11(15)10-7-9(1-4-13-10)14-8-2-5-16-6-3-8/h1,4,7-8H,2-3,5-6H2,(H2,12,15)(H,13,14). The summed E-state index contributed by atoms with van der Waals surface area (Å²) < 4.78 is 0. The molecule has 0 bridgehead atoms. The van der Waals surface area contributed by atoms with Gasteiger partial charge in [0, 0.05) is 17.9 Å². The van der Waals surface area contributed by atoms with Crippen LogP contribution in [-0.2, 0) is 0 Å². The lowest BCUT2D eigenvalue weighted by atomic mass is 10.1. The number of nitrogens with one attached hydrogen (secondary N) is 1. The van der Waals surface area contributed by atoms with Gasteiger partial charge in [0.2, 0.25) is 0 Å². The van der Waals surface area contributed by atoms with E-state index in [0.717, 1.165) is 5.69 Å². The van der Waals surface area contributed by atoms with Crippen LogP contribution in [0, 0.1) is 0 Å². The second kappa shape index (κ2) is 5.50. The SMILES string of the molecule is NC(=S)c1cc(NC2CCSCC2)ccn1. The van der Waals surface area contributed by atoms with Crippen molar-refractivity contribution in [2.75, 3.05) is 16.8 Å². The molecule has 0 radical (unpaired) electrons. The largest absolute Gasteiger partial charge is 0.388 e. The highest BCUT2D eigenvalue weighted by Crippen LogP contribution is 2.20. The molecule has 0 atom stereocenters. The van der Waals surface area contributed by atoms with Gasteiger partial charge in [-0.25, -0.2) is 0 Å². The van der Waals surface area contributed by atoms with Crippen LogP contribution in [-0.4, -0.2) is 27.5 Å². The first kappa shape index (κ1) is 11.7. The van der Waals surface area contributed by atoms with E-state index in [4.69, 9.17) is 18.0 Å². The zero-order valence-electron chi connectivity index (χ0n) is 8.98. The summed E-state index contributed by atoms with van der Waals surface area (Å²) in [5.74, 6) is 2.48. The van der Waals surface area contributed by atoms with Gasteiger partial charge in [0.15, 0.2) is 0 Å². The highest BCUT2D eigenvalue weighted by molar-refractivity contribution is 7.99. The van der Waals surface area contributed by atoms with Gasteiger partial charge < -0.3 is 11.1 Å². The smallest absolute Gasteiger partial charge is 0.122 e. The minimum Gasteiger partial charge on any atom is -0.388 e. The molecule has 0 aliphatic carbocycles. The van der Waals surface area contributed by atoms with Crippen LogP contribution in [0.25, 0.3) is 0 Å². The Balaban J connectivity index is 2.02. The number of pyridine rings is 1. The highest BCUT2D eigenvalue weighted by atomic mass is 32.2. The Morgan fingerprint density at radius 2 is 2.25 bits per heavy atom. The van der Waals surface area contributed by atoms with Crippen LogP contribution in [0.15, 0.2) is 18.3 Å². The molecule has 5 heteroatoms. The Morgan fingerprint density at radius 3 is 2.94 bits per heavy atom. The first-order chi connectivity index (χ1) is 7.75. The quantitative estimate of drug-likeness (QED) is 0.807. The molecular weight excluding hydrogens is 238 g/mol. The summed E-state index contributed by atoms with van der Waals surface area (Å²) >= 11 is 6.93. The number of nitrogens with two attached hydrogens (primary N) is 1. The molecule has 1 aliphatic heterocycles. The van der Waals surface area contributed by atoms with Crippen LogP contribution in [0.2, 0.25) is 0 Å². The number of rotatable bonds is 3. The summed E-state index contributed by atoms with van der Waals surface area (Å²) in [4.78, 5) is 4.47. The topological polar surface area (TPSA) is 50.9 Å². The van der Waals surface area contributed by atoms with Gasteiger partial charge in [-0.05, 0) is 36.5 Å². The Kier molecular flexibility index (Phi) is 4.01. The van der Waals surface area contributed by atoms with E-state index in [1.807, 2.05) is 23.9 Å². The molecule has 2 heterocycles. The van der Waals surface area contributed by atoms with Crippen molar-refractivity contribution < 1.29 is 0 Å². The number of aromatic nitrogens is 1. The summed E-state index contributed by atoms with van der Waals surface area (Å²) in [6, 6.07) is 4.45. The van der Waals surface area contributed by atoms with Crippen molar-refractivity contribution in [2.45, 2.75) is 18.9 Å². The van der Waals surface area contributed by atoms with Gasteiger partial charge in [-0.3, -0.25) is 4.98 Å². The molecule has 0 aromatic carbocycles. The third-order valence-corrected chi connectivity index (χ3v) is 3.86. The maximum atomic E-state index is 5.55. The fraction of sp³-hybridized carbons (Fsp3) is 0.455. The predicted octanol–water partition coefficient (Wildman–Crippen LogP) is 2.02. The van der Waals surface area contributed by atoms with E-state index in [1.165, 1.54) is 24.3 Å². The van der Waals surface area contributed by atoms with Gasteiger partial charge in [0.1, 0.15) is 4.99 Å². The summed E-state index contributed by atoms with van der Waals surface area (Å²) in [6.45, 7) is 0. The summed E-state index contributed by atoms with van der Waals surface area (Å²) in [6.07, 6.45) is 4.18. The fourth-order valence-corrected chi connectivity index (χ4v) is 2.95. The molecule has 1 aromatic rings. The van der Waals surface area contributed by atoms with Crippen LogP contribution in [0.4, 0.5) is 5.69 Å². The molecule has 0 unspecified atom stereocenters. The van der Waals surface area contributed by atoms with Gasteiger partial charge >= 0.3 is 0 Å². The van der Waals surface area contributed by atoms with Crippen LogP contribution in [0.1, 0.15) is 18.5 Å². The molecule has 1 aliphatic rings. The van der Waals surface area contributed by atoms with Gasteiger partial charge in [0.05, 0.1) is 5.69 Å². The van der Waals surface area contributed by atoms with Crippen LogP contribution in [0.5, 0.6) is 0 Å². The molecule has 0 saturated carbocycles. The molecule has 1 saturated heterocycles. The van der Waals surface area contributed by atoms with Gasteiger partial charge in [-0.15, -0.1) is 0 Å². The minimum atomic E-state index is 0.350. The average Bonchev–Trinajstić information content (AvgIpc) is 2.30. The van der Waals surface area contributed by atoms with E-state index >= 15 is 0 Å². The maximum Gasteiger partial charge on any atom is 0.122 e. The summed E-state index contributed by atoms with van der Waals surface area (Å²) in [7, 11) is 0. The van der Waals surface area contributed by atoms with E-state index in [1.54, 1.807) is 6.20 Å².